The highest BCUT2D eigenvalue weighted by Crippen LogP contribution is 2.25. The Bertz CT molecular complexity index is 552. The lowest BCUT2D eigenvalue weighted by Crippen LogP contribution is -2.00. The Labute approximate surface area is 99.7 Å². The van der Waals surface area contributed by atoms with Gasteiger partial charge in [0, 0.05) is 18.8 Å². The van der Waals surface area contributed by atoms with Crippen LogP contribution in [0.5, 0.6) is 0 Å². The van der Waals surface area contributed by atoms with E-state index in [4.69, 9.17) is 0 Å². The van der Waals surface area contributed by atoms with Gasteiger partial charge < -0.3 is 5.32 Å². The van der Waals surface area contributed by atoms with Gasteiger partial charge in [0.25, 0.3) is 0 Å². The fraction of sp³-hybridized carbons (Fsp3) is 0.231. The summed E-state index contributed by atoms with van der Waals surface area (Å²) in [6.07, 6.45) is 1.73. The number of nitrogens with one attached hydrogen (secondary N) is 1. The van der Waals surface area contributed by atoms with Gasteiger partial charge in [-0.05, 0) is 37.1 Å². The molecule has 0 atom stereocenters. The largest absolute Gasteiger partial charge is 0.357 e. The number of nitrogens with zero attached hydrogens (tertiary/aromatic N) is 2. The summed E-state index contributed by atoms with van der Waals surface area (Å²) in [4.78, 5) is 8.49. The van der Waals surface area contributed by atoms with Crippen LogP contribution in [-0.4, -0.2) is 17.0 Å². The monoisotopic (exact) mass is 231 g/mol. The second-order valence-electron chi connectivity index (χ2n) is 3.93. The van der Waals surface area contributed by atoms with Gasteiger partial charge in [-0.3, -0.25) is 0 Å². The minimum Gasteiger partial charge on any atom is -0.357 e. The molecule has 0 saturated heterocycles. The van der Waals surface area contributed by atoms with Crippen molar-refractivity contribution < 1.29 is 4.39 Å². The number of hydrogen-bond donors (Lipinski definition) is 1. The first-order chi connectivity index (χ1) is 8.11. The summed E-state index contributed by atoms with van der Waals surface area (Å²) in [5, 5.41) is 2.88. The van der Waals surface area contributed by atoms with Gasteiger partial charge in [-0.15, -0.1) is 0 Å². The highest BCUT2D eigenvalue weighted by atomic mass is 19.1. The van der Waals surface area contributed by atoms with Gasteiger partial charge >= 0.3 is 0 Å². The normalized spacial score (nSPS) is 10.4. The molecule has 0 radical (unpaired) electrons. The van der Waals surface area contributed by atoms with Crippen molar-refractivity contribution in [3.05, 3.63) is 41.3 Å². The Morgan fingerprint density at radius 3 is 2.65 bits per heavy atom. The summed E-state index contributed by atoms with van der Waals surface area (Å²) in [6, 6.07) is 4.71. The lowest BCUT2D eigenvalue weighted by molar-refractivity contribution is 0.628. The van der Waals surface area contributed by atoms with Crippen LogP contribution in [0.3, 0.4) is 0 Å². The molecule has 1 N–H and O–H groups in total. The van der Waals surface area contributed by atoms with E-state index in [1.54, 1.807) is 19.3 Å². The Hall–Kier alpha value is -1.97. The van der Waals surface area contributed by atoms with Gasteiger partial charge in [0.15, 0.2) is 0 Å². The average molecular weight is 231 g/mol. The maximum Gasteiger partial charge on any atom is 0.222 e. The zero-order chi connectivity index (χ0) is 12.4. The van der Waals surface area contributed by atoms with Crippen molar-refractivity contribution in [2.45, 2.75) is 13.8 Å². The summed E-state index contributed by atoms with van der Waals surface area (Å²) >= 11 is 0. The average Bonchev–Trinajstić information content (AvgIpc) is 2.33. The summed E-state index contributed by atoms with van der Waals surface area (Å²) in [5.74, 6) is 0.281. The van der Waals surface area contributed by atoms with Gasteiger partial charge in [-0.1, -0.05) is 6.07 Å². The van der Waals surface area contributed by atoms with Crippen LogP contribution >= 0.6 is 0 Å². The molecule has 0 aliphatic rings. The second-order valence-corrected chi connectivity index (χ2v) is 3.93. The molecule has 17 heavy (non-hydrogen) atoms. The van der Waals surface area contributed by atoms with Crippen molar-refractivity contribution in [1.82, 2.24) is 9.97 Å². The number of aromatic nitrogens is 2. The fourth-order valence-corrected chi connectivity index (χ4v) is 1.68. The smallest absolute Gasteiger partial charge is 0.222 e. The molecule has 0 saturated carbocycles. The number of aryl methyl sites for hydroxylation is 2. The van der Waals surface area contributed by atoms with E-state index in [2.05, 4.69) is 15.3 Å². The first-order valence-corrected chi connectivity index (χ1v) is 5.39. The number of benzene rings is 1. The van der Waals surface area contributed by atoms with Gasteiger partial charge in [-0.25, -0.2) is 14.4 Å². The van der Waals surface area contributed by atoms with E-state index in [0.29, 0.717) is 5.95 Å². The van der Waals surface area contributed by atoms with Crippen LogP contribution in [0.4, 0.5) is 10.3 Å². The first kappa shape index (κ1) is 11.5. The molecule has 0 aliphatic heterocycles. The highest BCUT2D eigenvalue weighted by molar-refractivity contribution is 5.67. The van der Waals surface area contributed by atoms with Gasteiger partial charge in [0.1, 0.15) is 5.82 Å². The zero-order valence-corrected chi connectivity index (χ0v) is 10.1. The lowest BCUT2D eigenvalue weighted by atomic mass is 10.0. The van der Waals surface area contributed by atoms with E-state index in [0.717, 1.165) is 22.4 Å². The molecule has 4 heteroatoms. The Morgan fingerprint density at radius 2 is 1.94 bits per heavy atom. The van der Waals surface area contributed by atoms with Crippen LogP contribution in [0.1, 0.15) is 11.1 Å². The molecule has 2 aromatic rings. The topological polar surface area (TPSA) is 37.8 Å². The minimum atomic E-state index is -0.255. The van der Waals surface area contributed by atoms with Crippen LogP contribution in [0.25, 0.3) is 11.3 Å². The third kappa shape index (κ3) is 2.25. The molecule has 3 nitrogen and oxygen atoms in total. The summed E-state index contributed by atoms with van der Waals surface area (Å²) in [6.45, 7) is 3.86. The molecule has 2 rings (SSSR count). The van der Waals surface area contributed by atoms with Crippen molar-refractivity contribution in [2.75, 3.05) is 12.4 Å². The van der Waals surface area contributed by atoms with Crippen LogP contribution in [0.15, 0.2) is 24.4 Å². The Balaban J connectivity index is 2.62. The van der Waals surface area contributed by atoms with E-state index in [1.165, 1.54) is 12.1 Å². The quantitative estimate of drug-likeness (QED) is 0.863. The second kappa shape index (κ2) is 4.49. The SMILES string of the molecule is CNc1ncc(C)c(-c2cc(F)ccc2C)n1. The number of rotatable bonds is 2. The van der Waals surface area contributed by atoms with Crippen LogP contribution in [0.2, 0.25) is 0 Å². The first-order valence-electron chi connectivity index (χ1n) is 5.39. The molecule has 0 bridgehead atoms. The van der Waals surface area contributed by atoms with E-state index < -0.39 is 0 Å². The van der Waals surface area contributed by atoms with Gasteiger partial charge in [0.2, 0.25) is 5.95 Å². The molecular formula is C13H14FN3. The van der Waals surface area contributed by atoms with E-state index in [1.807, 2.05) is 13.8 Å². The van der Waals surface area contributed by atoms with Crippen molar-refractivity contribution in [1.29, 1.82) is 0 Å². The minimum absolute atomic E-state index is 0.255. The molecule has 1 heterocycles. The van der Waals surface area contributed by atoms with Crippen LogP contribution < -0.4 is 5.32 Å². The van der Waals surface area contributed by atoms with E-state index in [-0.39, 0.29) is 5.82 Å². The molecule has 0 amide bonds. The fourth-order valence-electron chi connectivity index (χ4n) is 1.68. The zero-order valence-electron chi connectivity index (χ0n) is 10.1. The number of anilines is 1. The molecule has 1 aromatic carbocycles. The molecule has 1 aromatic heterocycles. The summed E-state index contributed by atoms with van der Waals surface area (Å²) in [7, 11) is 1.76. The third-order valence-electron chi connectivity index (χ3n) is 2.65. The standard InChI is InChI=1S/C13H14FN3/c1-8-4-5-10(14)6-11(8)12-9(2)7-16-13(15-3)17-12/h4-7H,1-3H3,(H,15,16,17). The molecular weight excluding hydrogens is 217 g/mol. The molecule has 0 fully saturated rings. The lowest BCUT2D eigenvalue weighted by Gasteiger charge is -2.09. The highest BCUT2D eigenvalue weighted by Gasteiger charge is 2.09. The Kier molecular flexibility index (Phi) is 3.04. The molecule has 88 valence electrons. The van der Waals surface area contributed by atoms with Gasteiger partial charge in [0.05, 0.1) is 5.69 Å². The van der Waals surface area contributed by atoms with Crippen LogP contribution in [0, 0.1) is 19.7 Å². The molecule has 0 aliphatic carbocycles. The van der Waals surface area contributed by atoms with Gasteiger partial charge in [-0.2, -0.15) is 0 Å². The third-order valence-corrected chi connectivity index (χ3v) is 2.65. The Morgan fingerprint density at radius 1 is 1.18 bits per heavy atom. The van der Waals surface area contributed by atoms with Crippen LogP contribution in [-0.2, 0) is 0 Å². The maximum atomic E-state index is 13.3. The maximum absolute atomic E-state index is 13.3. The summed E-state index contributed by atoms with van der Waals surface area (Å²) in [5.41, 5.74) is 3.50. The van der Waals surface area contributed by atoms with E-state index >= 15 is 0 Å². The number of hydrogen-bond acceptors (Lipinski definition) is 3. The van der Waals surface area contributed by atoms with Crippen molar-refractivity contribution in [3.8, 4) is 11.3 Å². The summed E-state index contributed by atoms with van der Waals surface area (Å²) < 4.78 is 13.3. The molecule has 0 unspecified atom stereocenters. The predicted octanol–water partition coefficient (Wildman–Crippen LogP) is 2.94. The van der Waals surface area contributed by atoms with Crippen molar-refractivity contribution in [2.24, 2.45) is 0 Å². The number of halogens is 1. The predicted molar refractivity (Wildman–Crippen MR) is 66.4 cm³/mol. The van der Waals surface area contributed by atoms with Crippen molar-refractivity contribution in [3.63, 3.8) is 0 Å². The van der Waals surface area contributed by atoms with E-state index in [9.17, 15) is 4.39 Å². The van der Waals surface area contributed by atoms with Crippen molar-refractivity contribution >= 4 is 5.95 Å². The molecule has 0 spiro atoms.